The molecule has 0 saturated heterocycles. The molecule has 1 unspecified atom stereocenters. The molecule has 0 aliphatic carbocycles. The van der Waals surface area contributed by atoms with Crippen molar-refractivity contribution in [3.05, 3.63) is 24.4 Å². The predicted molar refractivity (Wildman–Crippen MR) is 53.6 cm³/mol. The summed E-state index contributed by atoms with van der Waals surface area (Å²) < 4.78 is 0. The van der Waals surface area contributed by atoms with Crippen LogP contribution in [0.2, 0.25) is 0 Å². The van der Waals surface area contributed by atoms with Crippen molar-refractivity contribution in [1.82, 2.24) is 4.98 Å². The van der Waals surface area contributed by atoms with Crippen molar-refractivity contribution in [2.45, 2.75) is 25.8 Å². The fourth-order valence-corrected chi connectivity index (χ4v) is 0.986. The number of aliphatic hydroxyl groups is 1. The van der Waals surface area contributed by atoms with Crippen LogP contribution in [0.15, 0.2) is 24.4 Å². The lowest BCUT2D eigenvalue weighted by atomic mass is 10.0. The summed E-state index contributed by atoms with van der Waals surface area (Å²) in [6, 6.07) is 5.68. The van der Waals surface area contributed by atoms with Gasteiger partial charge in [-0.1, -0.05) is 13.0 Å². The second kappa shape index (κ2) is 4.23. The van der Waals surface area contributed by atoms with Gasteiger partial charge in [0.2, 0.25) is 0 Å². The largest absolute Gasteiger partial charge is 0.394 e. The number of aliphatic hydroxyl groups excluding tert-OH is 1. The van der Waals surface area contributed by atoms with E-state index in [1.807, 2.05) is 32.0 Å². The highest BCUT2D eigenvalue weighted by Gasteiger charge is 2.20. The maximum Gasteiger partial charge on any atom is 0.126 e. The quantitative estimate of drug-likeness (QED) is 0.740. The Morgan fingerprint density at radius 3 is 2.77 bits per heavy atom. The Kier molecular flexibility index (Phi) is 3.25. The first-order valence-corrected chi connectivity index (χ1v) is 4.50. The third-order valence-corrected chi connectivity index (χ3v) is 2.22. The lowest BCUT2D eigenvalue weighted by Gasteiger charge is -2.27. The van der Waals surface area contributed by atoms with Gasteiger partial charge >= 0.3 is 0 Å². The Morgan fingerprint density at radius 1 is 1.54 bits per heavy atom. The fraction of sp³-hybridized carbons (Fsp3) is 0.500. The van der Waals surface area contributed by atoms with Crippen LogP contribution in [-0.2, 0) is 0 Å². The Morgan fingerprint density at radius 2 is 2.31 bits per heavy atom. The molecule has 3 nitrogen and oxygen atoms in total. The van der Waals surface area contributed by atoms with E-state index in [1.54, 1.807) is 6.20 Å². The molecule has 72 valence electrons. The minimum Gasteiger partial charge on any atom is -0.394 e. The number of anilines is 1. The molecule has 0 aliphatic rings. The van der Waals surface area contributed by atoms with Gasteiger partial charge in [-0.3, -0.25) is 0 Å². The second-order valence-corrected chi connectivity index (χ2v) is 3.41. The van der Waals surface area contributed by atoms with Gasteiger partial charge in [-0.05, 0) is 25.5 Å². The molecule has 3 heteroatoms. The number of aromatic nitrogens is 1. The van der Waals surface area contributed by atoms with Crippen LogP contribution in [0.1, 0.15) is 20.3 Å². The SMILES string of the molecule is CCC(C)(CO)Nc1ccccn1. The Balaban J connectivity index is 2.68. The van der Waals surface area contributed by atoms with Gasteiger partial charge in [0.05, 0.1) is 12.1 Å². The number of rotatable bonds is 4. The van der Waals surface area contributed by atoms with Crippen LogP contribution in [0.5, 0.6) is 0 Å². The molecule has 13 heavy (non-hydrogen) atoms. The van der Waals surface area contributed by atoms with E-state index < -0.39 is 0 Å². The molecule has 0 saturated carbocycles. The van der Waals surface area contributed by atoms with Crippen molar-refractivity contribution in [1.29, 1.82) is 0 Å². The summed E-state index contributed by atoms with van der Waals surface area (Å²) in [7, 11) is 0. The smallest absolute Gasteiger partial charge is 0.126 e. The van der Waals surface area contributed by atoms with Gasteiger partial charge in [-0.15, -0.1) is 0 Å². The van der Waals surface area contributed by atoms with E-state index in [0.717, 1.165) is 12.2 Å². The monoisotopic (exact) mass is 180 g/mol. The van der Waals surface area contributed by atoms with Crippen molar-refractivity contribution in [2.24, 2.45) is 0 Å². The van der Waals surface area contributed by atoms with Crippen LogP contribution in [0.25, 0.3) is 0 Å². The van der Waals surface area contributed by atoms with Crippen LogP contribution in [0, 0.1) is 0 Å². The van der Waals surface area contributed by atoms with Crippen LogP contribution >= 0.6 is 0 Å². The topological polar surface area (TPSA) is 45.1 Å². The molecule has 0 radical (unpaired) electrons. The van der Waals surface area contributed by atoms with Crippen molar-refractivity contribution in [3.63, 3.8) is 0 Å². The van der Waals surface area contributed by atoms with Gasteiger partial charge < -0.3 is 10.4 Å². The molecule has 0 bridgehead atoms. The van der Waals surface area contributed by atoms with Crippen molar-refractivity contribution < 1.29 is 5.11 Å². The zero-order valence-electron chi connectivity index (χ0n) is 8.12. The van der Waals surface area contributed by atoms with Gasteiger partial charge in [-0.25, -0.2) is 4.98 Å². The minimum atomic E-state index is -0.269. The molecule has 0 aromatic carbocycles. The highest BCUT2D eigenvalue weighted by Crippen LogP contribution is 2.15. The van der Waals surface area contributed by atoms with Crippen molar-refractivity contribution in [3.8, 4) is 0 Å². The van der Waals surface area contributed by atoms with E-state index in [4.69, 9.17) is 5.11 Å². The molecular weight excluding hydrogens is 164 g/mol. The molecule has 1 aromatic rings. The Labute approximate surface area is 78.8 Å². The number of pyridine rings is 1. The zero-order valence-corrected chi connectivity index (χ0v) is 8.12. The maximum atomic E-state index is 9.16. The van der Waals surface area contributed by atoms with Crippen molar-refractivity contribution in [2.75, 3.05) is 11.9 Å². The van der Waals surface area contributed by atoms with E-state index in [1.165, 1.54) is 0 Å². The van der Waals surface area contributed by atoms with Gasteiger partial charge in [0, 0.05) is 6.20 Å². The molecule has 1 rings (SSSR count). The lowest BCUT2D eigenvalue weighted by molar-refractivity contribution is 0.218. The molecule has 1 heterocycles. The van der Waals surface area contributed by atoms with Gasteiger partial charge in [0.15, 0.2) is 0 Å². The number of nitrogens with one attached hydrogen (secondary N) is 1. The summed E-state index contributed by atoms with van der Waals surface area (Å²) in [5.41, 5.74) is -0.269. The molecular formula is C10H16N2O. The first-order valence-electron chi connectivity index (χ1n) is 4.50. The Hall–Kier alpha value is -1.09. The number of hydrogen-bond acceptors (Lipinski definition) is 3. The van der Waals surface area contributed by atoms with Gasteiger partial charge in [0.1, 0.15) is 5.82 Å². The maximum absolute atomic E-state index is 9.16. The third kappa shape index (κ3) is 2.70. The summed E-state index contributed by atoms with van der Waals surface area (Å²) in [6.45, 7) is 4.12. The first-order chi connectivity index (χ1) is 6.20. The van der Waals surface area contributed by atoms with Crippen LogP contribution in [0.4, 0.5) is 5.82 Å². The average Bonchev–Trinajstić information content (AvgIpc) is 2.19. The summed E-state index contributed by atoms with van der Waals surface area (Å²) in [4.78, 5) is 4.14. The fourth-order valence-electron chi connectivity index (χ4n) is 0.986. The van der Waals surface area contributed by atoms with Crippen molar-refractivity contribution >= 4 is 5.82 Å². The first kappa shape index (κ1) is 9.99. The highest BCUT2D eigenvalue weighted by atomic mass is 16.3. The second-order valence-electron chi connectivity index (χ2n) is 3.41. The predicted octanol–water partition coefficient (Wildman–Crippen LogP) is 1.65. The molecule has 0 aliphatic heterocycles. The summed E-state index contributed by atoms with van der Waals surface area (Å²) in [5, 5.41) is 12.3. The molecule has 0 amide bonds. The van der Waals surface area contributed by atoms with Gasteiger partial charge in [-0.2, -0.15) is 0 Å². The molecule has 2 N–H and O–H groups in total. The molecule has 0 spiro atoms. The molecule has 1 atom stereocenters. The minimum absolute atomic E-state index is 0.111. The average molecular weight is 180 g/mol. The number of hydrogen-bond donors (Lipinski definition) is 2. The van der Waals surface area contributed by atoms with E-state index >= 15 is 0 Å². The van der Waals surface area contributed by atoms with E-state index in [9.17, 15) is 0 Å². The van der Waals surface area contributed by atoms with Crippen LogP contribution < -0.4 is 5.32 Å². The normalized spacial score (nSPS) is 15.0. The molecule has 0 fully saturated rings. The van der Waals surface area contributed by atoms with Crippen LogP contribution in [-0.4, -0.2) is 22.2 Å². The standard InChI is InChI=1S/C10H16N2O/c1-3-10(2,8-13)12-9-6-4-5-7-11-9/h4-7,13H,3,8H2,1-2H3,(H,11,12). The lowest BCUT2D eigenvalue weighted by Crippen LogP contribution is -2.38. The molecule has 1 aromatic heterocycles. The van der Waals surface area contributed by atoms with E-state index in [0.29, 0.717) is 0 Å². The summed E-state index contributed by atoms with van der Waals surface area (Å²) >= 11 is 0. The van der Waals surface area contributed by atoms with E-state index in [2.05, 4.69) is 10.3 Å². The Bertz CT molecular complexity index is 244. The zero-order chi connectivity index (χ0) is 9.73. The van der Waals surface area contributed by atoms with Gasteiger partial charge in [0.25, 0.3) is 0 Å². The number of nitrogens with zero attached hydrogens (tertiary/aromatic N) is 1. The highest BCUT2D eigenvalue weighted by molar-refractivity contribution is 5.36. The summed E-state index contributed by atoms with van der Waals surface area (Å²) in [5.74, 6) is 0.806. The van der Waals surface area contributed by atoms with Crippen LogP contribution in [0.3, 0.4) is 0 Å². The third-order valence-electron chi connectivity index (χ3n) is 2.22. The van der Waals surface area contributed by atoms with E-state index in [-0.39, 0.29) is 12.1 Å². The summed E-state index contributed by atoms with van der Waals surface area (Å²) in [6.07, 6.45) is 2.59.